The van der Waals surface area contributed by atoms with Crippen LogP contribution in [0.2, 0.25) is 5.02 Å². The number of hydrogen-bond donors (Lipinski definition) is 4. The van der Waals surface area contributed by atoms with Crippen molar-refractivity contribution in [3.05, 3.63) is 76.7 Å². The molecule has 2 aliphatic rings. The summed E-state index contributed by atoms with van der Waals surface area (Å²) in [5, 5.41) is 20.3. The maximum atomic E-state index is 9.76. The molecule has 0 aliphatic carbocycles. The van der Waals surface area contributed by atoms with Crippen LogP contribution < -0.4 is 21.6 Å². The van der Waals surface area contributed by atoms with Gasteiger partial charge in [0.2, 0.25) is 0 Å². The Labute approximate surface area is 247 Å². The summed E-state index contributed by atoms with van der Waals surface area (Å²) >= 11 is 6.76. The Kier molecular flexibility index (Phi) is 8.85. The fourth-order valence-corrected chi connectivity index (χ4v) is 5.82. The molecule has 216 valence electrons. The average molecular weight is 575 g/mol. The minimum atomic E-state index is -0.172. The number of anilines is 2. The van der Waals surface area contributed by atoms with Crippen LogP contribution in [-0.2, 0) is 4.74 Å². The van der Waals surface area contributed by atoms with E-state index in [1.807, 2.05) is 30.3 Å². The number of ether oxygens (including phenoxy) is 1. The van der Waals surface area contributed by atoms with E-state index in [1.54, 1.807) is 13.3 Å². The fraction of sp³-hybridized carbons (Fsp3) is 0.419. The minimum Gasteiger partial charge on any atom is -0.383 e. The number of fused-ring (bicyclic) bond motifs is 1. The van der Waals surface area contributed by atoms with Gasteiger partial charge in [-0.1, -0.05) is 41.9 Å². The largest absolute Gasteiger partial charge is 0.383 e. The lowest BCUT2D eigenvalue weighted by molar-refractivity contribution is 0.0570. The van der Waals surface area contributed by atoms with E-state index in [-0.39, 0.29) is 11.6 Å². The summed E-state index contributed by atoms with van der Waals surface area (Å²) < 4.78 is 5.20. The van der Waals surface area contributed by atoms with Gasteiger partial charge in [0, 0.05) is 61.8 Å². The van der Waals surface area contributed by atoms with Crippen LogP contribution in [-0.4, -0.2) is 59.8 Å². The lowest BCUT2D eigenvalue weighted by Gasteiger charge is -2.42. The first-order chi connectivity index (χ1) is 19.8. The van der Waals surface area contributed by atoms with Crippen LogP contribution in [0.3, 0.4) is 0 Å². The third kappa shape index (κ3) is 6.52. The number of hydrogen-bond acceptors (Lipinski definition) is 9. The molecule has 3 heterocycles. The quantitative estimate of drug-likeness (QED) is 0.250. The number of benzene rings is 2. The van der Waals surface area contributed by atoms with E-state index in [4.69, 9.17) is 16.3 Å². The standard InChI is InChI=1S/C31H39ClN8O/c1-31(2,3)39-13-10-24(11-14-39)40-20-27(37-38-40)29(21-8-6-5-7-9-21)36-23-16-25-28(34-12-15-41-4)22(18-33)19-35-30(25)26(32)17-23/h5-9,16-17,19-20,24,29,36-38H,10-15H2,1-4H3,(H,34,35)/t29-/m0/s1. The van der Waals surface area contributed by atoms with Crippen molar-refractivity contribution in [3.8, 4) is 6.07 Å². The molecule has 4 N–H and O–H groups in total. The molecule has 1 saturated heterocycles. The summed E-state index contributed by atoms with van der Waals surface area (Å²) in [6, 6.07) is 16.7. The topological polar surface area (TPSA) is 101 Å². The van der Waals surface area contributed by atoms with Gasteiger partial charge in [-0.15, -0.1) is 5.53 Å². The highest BCUT2D eigenvalue weighted by molar-refractivity contribution is 6.35. The first kappa shape index (κ1) is 29.0. The summed E-state index contributed by atoms with van der Waals surface area (Å²) in [5.74, 6) is 0. The van der Waals surface area contributed by atoms with Crippen molar-refractivity contribution in [1.82, 2.24) is 25.9 Å². The molecule has 1 aromatic heterocycles. The van der Waals surface area contributed by atoms with Crippen molar-refractivity contribution in [2.24, 2.45) is 0 Å². The van der Waals surface area contributed by atoms with Gasteiger partial charge in [-0.2, -0.15) is 5.26 Å². The first-order valence-corrected chi connectivity index (χ1v) is 14.5. The van der Waals surface area contributed by atoms with Crippen molar-refractivity contribution < 1.29 is 4.74 Å². The molecule has 0 radical (unpaired) electrons. The van der Waals surface area contributed by atoms with Crippen LogP contribution in [0.25, 0.3) is 10.9 Å². The molecule has 1 atom stereocenters. The predicted molar refractivity (Wildman–Crippen MR) is 165 cm³/mol. The second kappa shape index (κ2) is 12.5. The number of likely N-dealkylation sites (tertiary alicyclic amines) is 1. The Morgan fingerprint density at radius 2 is 1.95 bits per heavy atom. The zero-order valence-corrected chi connectivity index (χ0v) is 24.9. The van der Waals surface area contributed by atoms with Gasteiger partial charge in [0.1, 0.15) is 6.07 Å². The molecule has 5 rings (SSSR count). The molecule has 0 spiro atoms. The second-order valence-electron chi connectivity index (χ2n) is 11.5. The highest BCUT2D eigenvalue weighted by Gasteiger charge is 2.32. The Balaban J connectivity index is 1.44. The number of nitriles is 1. The Hall–Kier alpha value is -3.55. The lowest BCUT2D eigenvalue weighted by Crippen LogP contribution is -2.52. The first-order valence-electron chi connectivity index (χ1n) is 14.1. The van der Waals surface area contributed by atoms with E-state index >= 15 is 0 Å². The molecule has 2 aliphatic heterocycles. The molecule has 0 bridgehead atoms. The minimum absolute atomic E-state index is 0.172. The number of piperidine rings is 1. The highest BCUT2D eigenvalue weighted by atomic mass is 35.5. The number of nitrogens with one attached hydrogen (secondary N) is 4. The number of halogens is 1. The van der Waals surface area contributed by atoms with E-state index < -0.39 is 0 Å². The molecular weight excluding hydrogens is 536 g/mol. The maximum absolute atomic E-state index is 9.76. The van der Waals surface area contributed by atoms with Crippen LogP contribution in [0, 0.1) is 11.3 Å². The molecule has 0 saturated carbocycles. The SMILES string of the molecule is COCCNc1c(C#N)cnc2c(Cl)cc(N[C@H](C3=CN(C4CCN(C(C)(C)C)CC4)NN3)c3ccccc3)cc12. The van der Waals surface area contributed by atoms with Crippen molar-refractivity contribution in [1.29, 1.82) is 5.26 Å². The zero-order valence-electron chi connectivity index (χ0n) is 24.2. The van der Waals surface area contributed by atoms with Gasteiger partial charge in [0.05, 0.1) is 40.1 Å². The van der Waals surface area contributed by atoms with Gasteiger partial charge in [-0.05, 0) is 51.3 Å². The number of pyridine rings is 1. The predicted octanol–water partition coefficient (Wildman–Crippen LogP) is 5.40. The summed E-state index contributed by atoms with van der Waals surface area (Å²) in [6.45, 7) is 10.1. The molecule has 0 unspecified atom stereocenters. The van der Waals surface area contributed by atoms with Crippen molar-refractivity contribution >= 4 is 33.9 Å². The molecule has 3 aromatic rings. The van der Waals surface area contributed by atoms with Gasteiger partial charge in [0.15, 0.2) is 0 Å². The Morgan fingerprint density at radius 1 is 1.20 bits per heavy atom. The lowest BCUT2D eigenvalue weighted by atomic mass is 9.98. The second-order valence-corrected chi connectivity index (χ2v) is 11.9. The smallest absolute Gasteiger partial charge is 0.103 e. The van der Waals surface area contributed by atoms with Gasteiger partial charge in [-0.3, -0.25) is 14.9 Å². The van der Waals surface area contributed by atoms with Crippen LogP contribution in [0.4, 0.5) is 11.4 Å². The average Bonchev–Trinajstić information content (AvgIpc) is 3.46. The van der Waals surface area contributed by atoms with Crippen molar-refractivity contribution in [2.45, 2.75) is 51.2 Å². The third-order valence-electron chi connectivity index (χ3n) is 7.82. The summed E-state index contributed by atoms with van der Waals surface area (Å²) in [5.41, 5.74) is 11.7. The number of hydrazine groups is 2. The van der Waals surface area contributed by atoms with Gasteiger partial charge in [0.25, 0.3) is 0 Å². The van der Waals surface area contributed by atoms with Gasteiger partial charge >= 0.3 is 0 Å². The number of rotatable bonds is 9. The van der Waals surface area contributed by atoms with E-state index in [0.717, 1.165) is 48.3 Å². The van der Waals surface area contributed by atoms with Crippen LogP contribution in [0.5, 0.6) is 0 Å². The fourth-order valence-electron chi connectivity index (χ4n) is 5.55. The van der Waals surface area contributed by atoms with Gasteiger partial charge < -0.3 is 20.8 Å². The molecule has 41 heavy (non-hydrogen) atoms. The third-order valence-corrected chi connectivity index (χ3v) is 8.11. The molecule has 2 aromatic carbocycles. The monoisotopic (exact) mass is 574 g/mol. The highest BCUT2D eigenvalue weighted by Crippen LogP contribution is 2.36. The summed E-state index contributed by atoms with van der Waals surface area (Å²) in [7, 11) is 1.65. The summed E-state index contributed by atoms with van der Waals surface area (Å²) in [4.78, 5) is 7.04. The normalized spacial score (nSPS) is 17.2. The number of aromatic nitrogens is 1. The maximum Gasteiger partial charge on any atom is 0.103 e. The van der Waals surface area contributed by atoms with Crippen LogP contribution >= 0.6 is 11.6 Å². The summed E-state index contributed by atoms with van der Waals surface area (Å²) in [6.07, 6.45) is 5.92. The Bertz CT molecular complexity index is 1420. The number of nitrogens with zero attached hydrogens (tertiary/aromatic N) is 4. The number of methoxy groups -OCH3 is 1. The van der Waals surface area contributed by atoms with Crippen molar-refractivity contribution in [3.63, 3.8) is 0 Å². The van der Waals surface area contributed by atoms with E-state index in [0.29, 0.717) is 41.0 Å². The van der Waals surface area contributed by atoms with Gasteiger partial charge in [-0.25, -0.2) is 0 Å². The Morgan fingerprint density at radius 3 is 2.63 bits per heavy atom. The molecule has 10 heteroatoms. The molecule has 9 nitrogen and oxygen atoms in total. The zero-order chi connectivity index (χ0) is 29.0. The van der Waals surface area contributed by atoms with E-state index in [2.05, 4.69) is 81.7 Å². The van der Waals surface area contributed by atoms with E-state index in [1.165, 1.54) is 0 Å². The van der Waals surface area contributed by atoms with E-state index in [9.17, 15) is 5.26 Å². The molecule has 1 fully saturated rings. The molecule has 0 amide bonds. The van der Waals surface area contributed by atoms with Crippen LogP contribution in [0.1, 0.15) is 50.8 Å². The van der Waals surface area contributed by atoms with Crippen LogP contribution in [0.15, 0.2) is 60.6 Å². The molecular formula is C31H39ClN8O. The van der Waals surface area contributed by atoms with Crippen molar-refractivity contribution in [2.75, 3.05) is 44.0 Å².